The third kappa shape index (κ3) is 3.39. The van der Waals surface area contributed by atoms with Gasteiger partial charge in [-0.25, -0.2) is 0 Å². The van der Waals surface area contributed by atoms with Gasteiger partial charge in [0.25, 0.3) is 17.3 Å². The molecule has 0 spiro atoms. The molecule has 1 amide bonds. The Morgan fingerprint density at radius 2 is 1.71 bits per heavy atom. The second-order valence-corrected chi connectivity index (χ2v) is 5.26. The Bertz CT molecular complexity index is 1100. The van der Waals surface area contributed by atoms with Crippen LogP contribution in [0.3, 0.4) is 0 Å². The first-order chi connectivity index (χ1) is 13.3. The molecule has 0 bridgehead atoms. The van der Waals surface area contributed by atoms with Crippen LogP contribution in [0.25, 0.3) is 11.1 Å². The van der Waals surface area contributed by atoms with Gasteiger partial charge >= 0.3 is 5.88 Å². The van der Waals surface area contributed by atoms with Gasteiger partial charge in [-0.2, -0.15) is 0 Å². The van der Waals surface area contributed by atoms with Crippen LogP contribution in [0, 0.1) is 30.3 Å². The van der Waals surface area contributed by atoms with Crippen molar-refractivity contribution < 1.29 is 28.4 Å². The van der Waals surface area contributed by atoms with E-state index in [9.17, 15) is 35.1 Å². The average Bonchev–Trinajstić information content (AvgIpc) is 3.33. The summed E-state index contributed by atoms with van der Waals surface area (Å²) in [5.74, 6) is -2.19. The lowest BCUT2D eigenvalue weighted by atomic mass is 10.0. The Labute approximate surface area is 153 Å². The molecule has 0 saturated heterocycles. The number of rotatable bonds is 6. The van der Waals surface area contributed by atoms with Gasteiger partial charge in [0.05, 0.1) is 34.5 Å². The van der Waals surface area contributed by atoms with Crippen LogP contribution in [0.15, 0.2) is 51.7 Å². The van der Waals surface area contributed by atoms with Gasteiger partial charge in [-0.05, 0) is 12.1 Å². The predicted octanol–water partition coefficient (Wildman–Crippen LogP) is 3.52. The number of furan rings is 2. The van der Waals surface area contributed by atoms with Crippen molar-refractivity contribution in [2.45, 2.75) is 0 Å². The quantitative estimate of drug-likeness (QED) is 0.487. The molecule has 3 rings (SSSR count). The number of anilines is 1. The highest BCUT2D eigenvalue weighted by Gasteiger charge is 2.28. The van der Waals surface area contributed by atoms with Gasteiger partial charge in [-0.3, -0.25) is 35.1 Å². The summed E-state index contributed by atoms with van der Waals surface area (Å²) in [5.41, 5.74) is -1.51. The molecule has 0 aliphatic heterocycles. The number of amides is 1. The lowest BCUT2D eigenvalue weighted by Gasteiger charge is -2.10. The molecule has 1 aromatic carbocycles. The Morgan fingerprint density at radius 1 is 0.964 bits per heavy atom. The van der Waals surface area contributed by atoms with Crippen LogP contribution in [0.4, 0.5) is 22.9 Å². The zero-order chi connectivity index (χ0) is 20.4. The summed E-state index contributed by atoms with van der Waals surface area (Å²) >= 11 is 0. The molecule has 0 aliphatic rings. The number of carbonyl (C=O) groups excluding carboxylic acids is 1. The largest absolute Gasteiger partial charge is 0.472 e. The monoisotopic (exact) mass is 388 g/mol. The maximum atomic E-state index is 12.4. The van der Waals surface area contributed by atoms with Crippen molar-refractivity contribution in [2.24, 2.45) is 0 Å². The maximum Gasteiger partial charge on any atom is 0.433 e. The molecular weight excluding hydrogens is 380 g/mol. The molecule has 0 unspecified atom stereocenters. The molecule has 1 N–H and O–H groups in total. The fraction of sp³-hybridized carbons (Fsp3) is 0. The van der Waals surface area contributed by atoms with E-state index in [1.165, 1.54) is 18.6 Å². The lowest BCUT2D eigenvalue weighted by Crippen LogP contribution is -2.13. The summed E-state index contributed by atoms with van der Waals surface area (Å²) in [6.07, 6.45) is 2.41. The number of carbonyl (C=O) groups is 1. The Morgan fingerprint density at radius 3 is 2.25 bits per heavy atom. The smallest absolute Gasteiger partial charge is 0.433 e. The van der Waals surface area contributed by atoms with Crippen molar-refractivity contribution >= 4 is 28.9 Å². The summed E-state index contributed by atoms with van der Waals surface area (Å²) in [5, 5.41) is 35.4. The van der Waals surface area contributed by atoms with E-state index in [2.05, 4.69) is 5.32 Å². The van der Waals surface area contributed by atoms with Gasteiger partial charge in [0.15, 0.2) is 5.76 Å². The van der Waals surface area contributed by atoms with Crippen LogP contribution in [-0.4, -0.2) is 20.7 Å². The number of hydrogen-bond acceptors (Lipinski definition) is 9. The van der Waals surface area contributed by atoms with Crippen LogP contribution in [0.5, 0.6) is 0 Å². The third-order valence-electron chi connectivity index (χ3n) is 3.58. The standard InChI is InChI=1S/C15H8N4O9/c20-15(12-1-2-13(28-12)19(25)26)16-14-10(8-3-4-27-7-8)5-9(17(21)22)6-11(14)18(23)24/h1-7H,(H,16,20). The van der Waals surface area contributed by atoms with E-state index in [0.717, 1.165) is 18.2 Å². The second-order valence-electron chi connectivity index (χ2n) is 5.26. The molecule has 0 aliphatic carbocycles. The first-order valence-electron chi connectivity index (χ1n) is 7.33. The summed E-state index contributed by atoms with van der Waals surface area (Å²) in [6.45, 7) is 0. The van der Waals surface area contributed by atoms with E-state index >= 15 is 0 Å². The number of non-ortho nitro benzene ring substituents is 1. The highest BCUT2D eigenvalue weighted by Crippen LogP contribution is 2.40. The number of nitro benzene ring substituents is 2. The van der Waals surface area contributed by atoms with Crippen LogP contribution < -0.4 is 5.32 Å². The molecule has 13 heteroatoms. The summed E-state index contributed by atoms with van der Waals surface area (Å²) in [7, 11) is 0. The Kier molecular flexibility index (Phi) is 4.55. The van der Waals surface area contributed by atoms with E-state index in [0.29, 0.717) is 6.07 Å². The average molecular weight is 388 g/mol. The van der Waals surface area contributed by atoms with Gasteiger partial charge in [-0.15, -0.1) is 0 Å². The molecule has 3 aromatic rings. The van der Waals surface area contributed by atoms with Crippen LogP contribution >= 0.6 is 0 Å². The number of nitro groups is 3. The predicted molar refractivity (Wildman–Crippen MR) is 90.8 cm³/mol. The van der Waals surface area contributed by atoms with Gasteiger partial charge < -0.3 is 14.2 Å². The van der Waals surface area contributed by atoms with Crippen LogP contribution in [-0.2, 0) is 0 Å². The lowest BCUT2D eigenvalue weighted by molar-refractivity contribution is -0.402. The van der Waals surface area contributed by atoms with Gasteiger partial charge in [-0.1, -0.05) is 0 Å². The molecule has 0 fully saturated rings. The first-order valence-corrected chi connectivity index (χ1v) is 7.33. The van der Waals surface area contributed by atoms with Gasteiger partial charge in [0.1, 0.15) is 10.6 Å². The van der Waals surface area contributed by atoms with Crippen molar-refractivity contribution in [3.8, 4) is 11.1 Å². The molecule has 142 valence electrons. The second kappa shape index (κ2) is 6.99. The minimum atomic E-state index is -1.02. The number of nitrogens with zero attached hydrogens (tertiary/aromatic N) is 3. The SMILES string of the molecule is O=C(Nc1c(-c2ccoc2)cc([N+](=O)[O-])cc1[N+](=O)[O-])c1ccc([N+](=O)[O-])o1. The number of benzene rings is 1. The molecule has 0 radical (unpaired) electrons. The van der Waals surface area contributed by atoms with Crippen molar-refractivity contribution in [1.29, 1.82) is 0 Å². The first kappa shape index (κ1) is 18.2. The molecule has 13 nitrogen and oxygen atoms in total. The highest BCUT2D eigenvalue weighted by molar-refractivity contribution is 6.06. The fourth-order valence-electron chi connectivity index (χ4n) is 2.36. The van der Waals surface area contributed by atoms with E-state index in [-0.39, 0.29) is 16.8 Å². The Balaban J connectivity index is 2.12. The number of hydrogen-bond donors (Lipinski definition) is 1. The van der Waals surface area contributed by atoms with Crippen molar-refractivity contribution in [3.63, 3.8) is 0 Å². The molecule has 0 saturated carbocycles. The van der Waals surface area contributed by atoms with Crippen molar-refractivity contribution in [2.75, 3.05) is 5.32 Å². The highest BCUT2D eigenvalue weighted by atomic mass is 16.7. The van der Waals surface area contributed by atoms with Crippen molar-refractivity contribution in [3.05, 3.63) is 79.0 Å². The van der Waals surface area contributed by atoms with Crippen molar-refractivity contribution in [1.82, 2.24) is 0 Å². The summed E-state index contributed by atoms with van der Waals surface area (Å²) < 4.78 is 9.66. The fourth-order valence-corrected chi connectivity index (χ4v) is 2.36. The van der Waals surface area contributed by atoms with E-state index in [4.69, 9.17) is 8.83 Å². The van der Waals surface area contributed by atoms with E-state index in [1.807, 2.05) is 0 Å². The summed E-state index contributed by atoms with van der Waals surface area (Å²) in [6, 6.07) is 5.05. The topological polar surface area (TPSA) is 185 Å². The van der Waals surface area contributed by atoms with Crippen LogP contribution in [0.2, 0.25) is 0 Å². The number of nitrogens with one attached hydrogen (secondary N) is 1. The maximum absolute atomic E-state index is 12.4. The molecular formula is C15H8N4O9. The van der Waals surface area contributed by atoms with E-state index < -0.39 is 43.7 Å². The summed E-state index contributed by atoms with van der Waals surface area (Å²) in [4.78, 5) is 43.0. The minimum absolute atomic E-state index is 0.0518. The zero-order valence-corrected chi connectivity index (χ0v) is 13.6. The molecule has 2 heterocycles. The Hall–Kier alpha value is -4.55. The molecule has 0 atom stereocenters. The zero-order valence-electron chi connectivity index (χ0n) is 13.6. The van der Waals surface area contributed by atoms with Gasteiger partial charge in [0, 0.05) is 17.2 Å². The normalized spacial score (nSPS) is 10.4. The third-order valence-corrected chi connectivity index (χ3v) is 3.58. The van der Waals surface area contributed by atoms with E-state index in [1.54, 1.807) is 0 Å². The molecule has 28 heavy (non-hydrogen) atoms. The molecule has 2 aromatic heterocycles. The minimum Gasteiger partial charge on any atom is -0.472 e. The van der Waals surface area contributed by atoms with Crippen LogP contribution in [0.1, 0.15) is 10.6 Å². The van der Waals surface area contributed by atoms with Gasteiger partial charge in [0.2, 0.25) is 0 Å².